The van der Waals surface area contributed by atoms with Crippen molar-refractivity contribution in [3.8, 4) is 5.88 Å². The third-order valence-electron chi connectivity index (χ3n) is 4.00. The number of fused-ring (bicyclic) bond motifs is 1. The van der Waals surface area contributed by atoms with Gasteiger partial charge in [0.2, 0.25) is 11.8 Å². The number of hydrogen-bond donors (Lipinski definition) is 3. The molecule has 3 heterocycles. The molecule has 0 radical (unpaired) electrons. The fraction of sp³-hybridized carbons (Fsp3) is 0.200. The Hall–Kier alpha value is -3.88. The molecule has 0 aliphatic carbocycles. The lowest BCUT2D eigenvalue weighted by Crippen LogP contribution is -2.07. The second-order valence-electron chi connectivity index (χ2n) is 6.75. The van der Waals surface area contributed by atoms with Crippen LogP contribution < -0.4 is 21.1 Å². The lowest BCUT2D eigenvalue weighted by Gasteiger charge is -2.12. The summed E-state index contributed by atoms with van der Waals surface area (Å²) in [6.45, 7) is 5.80. The number of pyridine rings is 1. The summed E-state index contributed by atoms with van der Waals surface area (Å²) in [7, 11) is 0. The van der Waals surface area contributed by atoms with Gasteiger partial charge in [-0.3, -0.25) is 4.98 Å². The second-order valence-corrected chi connectivity index (χ2v) is 6.75. The van der Waals surface area contributed by atoms with Crippen LogP contribution in [0.2, 0.25) is 0 Å². The van der Waals surface area contributed by atoms with Crippen molar-refractivity contribution in [2.45, 2.75) is 26.9 Å². The second kappa shape index (κ2) is 7.63. The van der Waals surface area contributed by atoms with E-state index in [1.165, 1.54) is 0 Å². The molecule has 3 N–H and O–H groups in total. The minimum Gasteiger partial charge on any atom is -0.475 e. The third-order valence-corrected chi connectivity index (χ3v) is 4.00. The molecule has 9 heteroatoms. The van der Waals surface area contributed by atoms with E-state index in [2.05, 4.69) is 30.6 Å². The van der Waals surface area contributed by atoms with Gasteiger partial charge in [-0.05, 0) is 45.0 Å². The Morgan fingerprint density at radius 1 is 1.07 bits per heavy atom. The molecule has 29 heavy (non-hydrogen) atoms. The van der Waals surface area contributed by atoms with Gasteiger partial charge in [0.05, 0.1) is 23.5 Å². The van der Waals surface area contributed by atoms with Gasteiger partial charge in [0.15, 0.2) is 5.58 Å². The summed E-state index contributed by atoms with van der Waals surface area (Å²) in [4.78, 5) is 27.1. The number of hydrogen-bond acceptors (Lipinski definition) is 8. The predicted octanol–water partition coefficient (Wildman–Crippen LogP) is 3.89. The quantitative estimate of drug-likeness (QED) is 0.452. The molecule has 0 unspecified atom stereocenters. The van der Waals surface area contributed by atoms with Gasteiger partial charge < -0.3 is 19.8 Å². The van der Waals surface area contributed by atoms with Crippen LogP contribution in [0.1, 0.15) is 19.4 Å². The Morgan fingerprint density at radius 2 is 1.90 bits per heavy atom. The number of H-pyrrole nitrogens is 1. The topological polar surface area (TPSA) is 118 Å². The summed E-state index contributed by atoms with van der Waals surface area (Å²) in [6.07, 6.45) is 3.45. The Balaban J connectivity index is 1.52. The molecule has 0 bridgehead atoms. The molecule has 0 atom stereocenters. The van der Waals surface area contributed by atoms with E-state index in [4.69, 9.17) is 9.15 Å². The number of aromatic nitrogens is 4. The fourth-order valence-corrected chi connectivity index (χ4v) is 2.69. The fourth-order valence-electron chi connectivity index (χ4n) is 2.69. The van der Waals surface area contributed by atoms with Crippen LogP contribution in [-0.2, 0) is 0 Å². The average molecular weight is 392 g/mol. The zero-order valence-electron chi connectivity index (χ0n) is 16.2. The molecule has 3 aromatic heterocycles. The Labute approximate surface area is 166 Å². The maximum absolute atomic E-state index is 11.3. The molecule has 0 saturated heterocycles. The normalized spacial score (nSPS) is 11.0. The highest BCUT2D eigenvalue weighted by atomic mass is 16.5. The number of nitrogens with zero attached hydrogens (tertiary/aromatic N) is 3. The maximum Gasteiger partial charge on any atom is 0.417 e. The first-order chi connectivity index (χ1) is 14.0. The summed E-state index contributed by atoms with van der Waals surface area (Å²) in [5.74, 6) is 1.14. The van der Waals surface area contributed by atoms with E-state index in [1.54, 1.807) is 30.6 Å². The van der Waals surface area contributed by atoms with Gasteiger partial charge in [0, 0.05) is 23.5 Å². The van der Waals surface area contributed by atoms with Gasteiger partial charge in [-0.2, -0.15) is 4.98 Å². The van der Waals surface area contributed by atoms with Gasteiger partial charge in [0.25, 0.3) is 0 Å². The largest absolute Gasteiger partial charge is 0.475 e. The molecule has 0 fully saturated rings. The van der Waals surface area contributed by atoms with E-state index in [0.29, 0.717) is 28.7 Å². The summed E-state index contributed by atoms with van der Waals surface area (Å²) in [5, 5.41) is 6.37. The minimum absolute atomic E-state index is 0.0643. The van der Waals surface area contributed by atoms with Crippen molar-refractivity contribution in [3.63, 3.8) is 0 Å². The van der Waals surface area contributed by atoms with Crippen molar-refractivity contribution >= 4 is 34.2 Å². The molecule has 1 aromatic carbocycles. The predicted molar refractivity (Wildman–Crippen MR) is 110 cm³/mol. The van der Waals surface area contributed by atoms with Crippen molar-refractivity contribution in [2.75, 3.05) is 10.6 Å². The Morgan fingerprint density at radius 3 is 2.66 bits per heavy atom. The summed E-state index contributed by atoms with van der Waals surface area (Å²) < 4.78 is 10.6. The zero-order valence-corrected chi connectivity index (χ0v) is 16.2. The minimum atomic E-state index is -0.486. The van der Waals surface area contributed by atoms with Crippen LogP contribution in [-0.4, -0.2) is 26.0 Å². The molecule has 0 spiro atoms. The zero-order chi connectivity index (χ0) is 20.4. The number of benzene rings is 1. The standard InChI is InChI=1S/C20H20N6O3/c1-11(2)28-17-7-5-14(10-21-17)24-19-22-9-12(3)18(26-19)23-13-4-6-16-15(8-13)25-20(27)29-16/h4-11H,1-3H3,(H,25,27)(H2,22,23,24,26). The number of aromatic amines is 1. The molecular weight excluding hydrogens is 372 g/mol. The van der Waals surface area contributed by atoms with Crippen molar-refractivity contribution in [1.82, 2.24) is 19.9 Å². The molecule has 4 aromatic rings. The lowest BCUT2D eigenvalue weighted by atomic mass is 10.2. The van der Waals surface area contributed by atoms with E-state index >= 15 is 0 Å². The Bertz CT molecular complexity index is 1200. The smallest absolute Gasteiger partial charge is 0.417 e. The van der Waals surface area contributed by atoms with Gasteiger partial charge in [0.1, 0.15) is 5.82 Å². The molecule has 0 aliphatic heterocycles. The first-order valence-electron chi connectivity index (χ1n) is 9.09. The molecule has 0 amide bonds. The van der Waals surface area contributed by atoms with Crippen molar-refractivity contribution in [2.24, 2.45) is 0 Å². The first kappa shape index (κ1) is 18.5. The molecule has 4 rings (SSSR count). The molecule has 0 saturated carbocycles. The van der Waals surface area contributed by atoms with Crippen LogP contribution in [0.15, 0.2) is 51.9 Å². The van der Waals surface area contributed by atoms with Gasteiger partial charge >= 0.3 is 5.76 Å². The molecular formula is C20H20N6O3. The highest BCUT2D eigenvalue weighted by molar-refractivity contribution is 5.78. The average Bonchev–Trinajstić information content (AvgIpc) is 3.05. The van der Waals surface area contributed by atoms with Crippen molar-refractivity contribution in [3.05, 3.63) is 58.8 Å². The van der Waals surface area contributed by atoms with Gasteiger partial charge in [-0.25, -0.2) is 14.8 Å². The van der Waals surface area contributed by atoms with Crippen molar-refractivity contribution < 1.29 is 9.15 Å². The van der Waals surface area contributed by atoms with Crippen LogP contribution in [0.5, 0.6) is 5.88 Å². The molecule has 0 aliphatic rings. The first-order valence-corrected chi connectivity index (χ1v) is 9.09. The number of rotatable bonds is 6. The van der Waals surface area contributed by atoms with E-state index in [0.717, 1.165) is 16.9 Å². The van der Waals surface area contributed by atoms with Crippen LogP contribution in [0.3, 0.4) is 0 Å². The highest BCUT2D eigenvalue weighted by Crippen LogP contribution is 2.23. The van der Waals surface area contributed by atoms with E-state index in [1.807, 2.05) is 32.9 Å². The summed E-state index contributed by atoms with van der Waals surface area (Å²) in [5.41, 5.74) is 3.49. The van der Waals surface area contributed by atoms with Crippen LogP contribution >= 0.6 is 0 Å². The van der Waals surface area contributed by atoms with Crippen LogP contribution in [0, 0.1) is 6.92 Å². The monoisotopic (exact) mass is 392 g/mol. The molecule has 9 nitrogen and oxygen atoms in total. The SMILES string of the molecule is Cc1cnc(Nc2ccc(OC(C)C)nc2)nc1Nc1ccc2oc(=O)[nH]c2c1. The van der Waals surface area contributed by atoms with E-state index in [9.17, 15) is 4.79 Å². The number of oxazole rings is 1. The highest BCUT2D eigenvalue weighted by Gasteiger charge is 2.08. The summed E-state index contributed by atoms with van der Waals surface area (Å²) in [6, 6.07) is 8.95. The summed E-state index contributed by atoms with van der Waals surface area (Å²) >= 11 is 0. The van der Waals surface area contributed by atoms with E-state index < -0.39 is 5.76 Å². The number of anilines is 4. The van der Waals surface area contributed by atoms with Gasteiger partial charge in [-0.15, -0.1) is 0 Å². The third kappa shape index (κ3) is 4.34. The van der Waals surface area contributed by atoms with Crippen LogP contribution in [0.25, 0.3) is 11.1 Å². The number of nitrogens with one attached hydrogen (secondary N) is 3. The number of aryl methyl sites for hydroxylation is 1. The van der Waals surface area contributed by atoms with E-state index in [-0.39, 0.29) is 6.10 Å². The van der Waals surface area contributed by atoms with Crippen molar-refractivity contribution in [1.29, 1.82) is 0 Å². The maximum atomic E-state index is 11.3. The lowest BCUT2D eigenvalue weighted by molar-refractivity contribution is 0.232. The Kier molecular flexibility index (Phi) is 4.86. The number of ether oxygens (including phenoxy) is 1. The van der Waals surface area contributed by atoms with Gasteiger partial charge in [-0.1, -0.05) is 0 Å². The van der Waals surface area contributed by atoms with Crippen LogP contribution in [0.4, 0.5) is 23.1 Å². The molecule has 148 valence electrons.